The zero-order valence-electron chi connectivity index (χ0n) is 14.5. The van der Waals surface area contributed by atoms with Crippen LogP contribution in [0, 0.1) is 19.8 Å². The number of carbonyl (C=O) groups excluding carboxylic acids is 2. The Balaban J connectivity index is 1.86. The minimum Gasteiger partial charge on any atom is -0.361 e. The van der Waals surface area contributed by atoms with Crippen molar-refractivity contribution in [3.05, 3.63) is 46.8 Å². The summed E-state index contributed by atoms with van der Waals surface area (Å²) < 4.78 is 5.06. The van der Waals surface area contributed by atoms with Crippen molar-refractivity contribution in [2.45, 2.75) is 40.7 Å². The molecule has 0 atom stereocenters. The molecule has 2 rings (SSSR count). The van der Waals surface area contributed by atoms with Crippen molar-refractivity contribution in [2.75, 3.05) is 5.32 Å². The standard InChI is InChI=1S/C18H23N3O3/c1-11(2)18(23)20-15-7-5-14(6-8-15)10-19-17(22)9-16-12(3)21-24-13(16)4/h5-8,11H,9-10H2,1-4H3,(H,19,22)(H,20,23). The highest BCUT2D eigenvalue weighted by atomic mass is 16.5. The minimum atomic E-state index is -0.0819. The highest BCUT2D eigenvalue weighted by Crippen LogP contribution is 2.13. The molecular weight excluding hydrogens is 306 g/mol. The van der Waals surface area contributed by atoms with Crippen LogP contribution in [0.5, 0.6) is 0 Å². The van der Waals surface area contributed by atoms with E-state index in [1.165, 1.54) is 0 Å². The van der Waals surface area contributed by atoms with Crippen molar-refractivity contribution in [3.63, 3.8) is 0 Å². The average molecular weight is 329 g/mol. The molecule has 128 valence electrons. The molecule has 24 heavy (non-hydrogen) atoms. The van der Waals surface area contributed by atoms with Gasteiger partial charge in [0.15, 0.2) is 0 Å². The molecule has 2 N–H and O–H groups in total. The fourth-order valence-electron chi connectivity index (χ4n) is 2.17. The molecule has 0 spiro atoms. The molecule has 0 saturated carbocycles. The lowest BCUT2D eigenvalue weighted by atomic mass is 10.1. The van der Waals surface area contributed by atoms with Gasteiger partial charge in [0.05, 0.1) is 12.1 Å². The van der Waals surface area contributed by atoms with Gasteiger partial charge in [0.25, 0.3) is 0 Å². The van der Waals surface area contributed by atoms with Crippen molar-refractivity contribution < 1.29 is 14.1 Å². The number of aromatic nitrogens is 1. The van der Waals surface area contributed by atoms with E-state index in [-0.39, 0.29) is 24.2 Å². The molecule has 6 nitrogen and oxygen atoms in total. The first-order chi connectivity index (χ1) is 11.4. The van der Waals surface area contributed by atoms with Crippen LogP contribution in [0.25, 0.3) is 0 Å². The van der Waals surface area contributed by atoms with Crippen LogP contribution < -0.4 is 10.6 Å². The Morgan fingerprint density at radius 3 is 2.38 bits per heavy atom. The van der Waals surface area contributed by atoms with Crippen molar-refractivity contribution >= 4 is 17.5 Å². The molecule has 0 aliphatic carbocycles. The quantitative estimate of drug-likeness (QED) is 0.853. The van der Waals surface area contributed by atoms with E-state index in [2.05, 4.69) is 15.8 Å². The molecule has 0 fully saturated rings. The summed E-state index contributed by atoms with van der Waals surface area (Å²) in [5.74, 6) is 0.512. The number of carbonyl (C=O) groups is 2. The predicted molar refractivity (Wildman–Crippen MR) is 91.4 cm³/mol. The molecule has 1 aromatic carbocycles. The number of hydrogen-bond donors (Lipinski definition) is 2. The fraction of sp³-hybridized carbons (Fsp3) is 0.389. The van der Waals surface area contributed by atoms with E-state index < -0.39 is 0 Å². The van der Waals surface area contributed by atoms with Gasteiger partial charge in [0.1, 0.15) is 5.76 Å². The number of hydrogen-bond acceptors (Lipinski definition) is 4. The van der Waals surface area contributed by atoms with Crippen LogP contribution in [0.15, 0.2) is 28.8 Å². The van der Waals surface area contributed by atoms with E-state index >= 15 is 0 Å². The first kappa shape index (κ1) is 17.7. The molecule has 0 radical (unpaired) electrons. The van der Waals surface area contributed by atoms with Gasteiger partial charge in [-0.1, -0.05) is 31.1 Å². The second kappa shape index (κ2) is 7.77. The molecule has 0 bridgehead atoms. The van der Waals surface area contributed by atoms with Crippen molar-refractivity contribution in [1.82, 2.24) is 10.5 Å². The molecule has 1 heterocycles. The molecule has 0 saturated heterocycles. The number of rotatable bonds is 6. The lowest BCUT2D eigenvalue weighted by molar-refractivity contribution is -0.120. The van der Waals surface area contributed by atoms with Gasteiger partial charge >= 0.3 is 0 Å². The Labute approximate surface area is 141 Å². The lowest BCUT2D eigenvalue weighted by Crippen LogP contribution is -2.25. The normalized spacial score (nSPS) is 10.7. The van der Waals surface area contributed by atoms with E-state index in [9.17, 15) is 9.59 Å². The zero-order chi connectivity index (χ0) is 17.7. The molecule has 0 unspecified atom stereocenters. The van der Waals surface area contributed by atoms with Crippen LogP contribution in [-0.4, -0.2) is 17.0 Å². The van der Waals surface area contributed by atoms with Gasteiger partial charge in [0.2, 0.25) is 11.8 Å². The first-order valence-electron chi connectivity index (χ1n) is 7.95. The van der Waals surface area contributed by atoms with Crippen LogP contribution in [0.2, 0.25) is 0 Å². The van der Waals surface area contributed by atoms with E-state index in [4.69, 9.17) is 4.52 Å². The smallest absolute Gasteiger partial charge is 0.226 e. The van der Waals surface area contributed by atoms with Gasteiger partial charge in [-0.15, -0.1) is 0 Å². The number of anilines is 1. The summed E-state index contributed by atoms with van der Waals surface area (Å²) in [5, 5.41) is 9.55. The maximum absolute atomic E-state index is 12.0. The third kappa shape index (κ3) is 4.68. The highest BCUT2D eigenvalue weighted by Gasteiger charge is 2.13. The third-order valence-corrected chi connectivity index (χ3v) is 3.75. The van der Waals surface area contributed by atoms with Crippen molar-refractivity contribution in [2.24, 2.45) is 5.92 Å². The molecule has 6 heteroatoms. The molecule has 0 aliphatic rings. The summed E-state index contributed by atoms with van der Waals surface area (Å²) in [5.41, 5.74) is 3.29. The summed E-state index contributed by atoms with van der Waals surface area (Å²) in [6.07, 6.45) is 0.254. The second-order valence-electron chi connectivity index (χ2n) is 6.10. The monoisotopic (exact) mass is 329 g/mol. The Kier molecular flexibility index (Phi) is 5.73. The minimum absolute atomic E-state index is 0.0180. The first-order valence-corrected chi connectivity index (χ1v) is 7.95. The Morgan fingerprint density at radius 1 is 1.17 bits per heavy atom. The Hall–Kier alpha value is -2.63. The third-order valence-electron chi connectivity index (χ3n) is 3.75. The summed E-state index contributed by atoms with van der Waals surface area (Å²) in [7, 11) is 0. The summed E-state index contributed by atoms with van der Waals surface area (Å²) in [6.45, 7) is 7.74. The number of nitrogens with one attached hydrogen (secondary N) is 2. The van der Waals surface area contributed by atoms with Gasteiger partial charge in [-0.25, -0.2) is 0 Å². The number of amides is 2. The maximum atomic E-state index is 12.0. The zero-order valence-corrected chi connectivity index (χ0v) is 14.5. The second-order valence-corrected chi connectivity index (χ2v) is 6.10. The largest absolute Gasteiger partial charge is 0.361 e. The van der Waals surface area contributed by atoms with Gasteiger partial charge < -0.3 is 15.2 Å². The van der Waals surface area contributed by atoms with E-state index in [1.807, 2.05) is 45.0 Å². The SMILES string of the molecule is Cc1noc(C)c1CC(=O)NCc1ccc(NC(=O)C(C)C)cc1. The van der Waals surface area contributed by atoms with Gasteiger partial charge in [-0.2, -0.15) is 0 Å². The molecule has 2 aromatic rings. The fourth-order valence-corrected chi connectivity index (χ4v) is 2.17. The van der Waals surface area contributed by atoms with Crippen molar-refractivity contribution in [1.29, 1.82) is 0 Å². The molecule has 2 amide bonds. The number of benzene rings is 1. The van der Waals surface area contributed by atoms with Crippen LogP contribution in [-0.2, 0) is 22.6 Å². The predicted octanol–water partition coefficient (Wildman–Crippen LogP) is 2.74. The summed E-state index contributed by atoms with van der Waals surface area (Å²) in [6, 6.07) is 7.42. The van der Waals surface area contributed by atoms with E-state index in [1.54, 1.807) is 6.92 Å². The number of nitrogens with zero attached hydrogens (tertiary/aromatic N) is 1. The van der Waals surface area contributed by atoms with Gasteiger partial charge in [-0.3, -0.25) is 9.59 Å². The Morgan fingerprint density at radius 2 is 1.83 bits per heavy atom. The maximum Gasteiger partial charge on any atom is 0.226 e. The van der Waals surface area contributed by atoms with Gasteiger partial charge in [-0.05, 0) is 31.5 Å². The van der Waals surface area contributed by atoms with Gasteiger partial charge in [0, 0.05) is 23.7 Å². The van der Waals surface area contributed by atoms with Crippen LogP contribution in [0.1, 0.15) is 36.4 Å². The summed E-state index contributed by atoms with van der Waals surface area (Å²) in [4.78, 5) is 23.7. The van der Waals surface area contributed by atoms with Crippen molar-refractivity contribution in [3.8, 4) is 0 Å². The number of aryl methyl sites for hydroxylation is 2. The highest BCUT2D eigenvalue weighted by molar-refractivity contribution is 5.92. The lowest BCUT2D eigenvalue weighted by Gasteiger charge is -2.09. The average Bonchev–Trinajstić information content (AvgIpc) is 2.86. The summed E-state index contributed by atoms with van der Waals surface area (Å²) >= 11 is 0. The molecule has 0 aliphatic heterocycles. The van der Waals surface area contributed by atoms with Crippen LogP contribution in [0.3, 0.4) is 0 Å². The Bertz CT molecular complexity index is 698. The molecular formula is C18H23N3O3. The van der Waals surface area contributed by atoms with Crippen LogP contribution in [0.4, 0.5) is 5.69 Å². The van der Waals surface area contributed by atoms with E-state index in [0.717, 1.165) is 22.5 Å². The van der Waals surface area contributed by atoms with E-state index in [0.29, 0.717) is 12.3 Å². The van der Waals surface area contributed by atoms with Crippen LogP contribution >= 0.6 is 0 Å². The molecule has 1 aromatic heterocycles. The topological polar surface area (TPSA) is 84.2 Å².